The number of rotatable bonds is 2. The van der Waals surface area contributed by atoms with Gasteiger partial charge >= 0.3 is 5.78 Å². The monoisotopic (exact) mass is 211 g/mol. The molecule has 0 bridgehead atoms. The molecule has 0 radical (unpaired) electrons. The molecule has 0 heterocycles. The number of benzene rings is 1. The highest BCUT2D eigenvalue weighted by molar-refractivity contribution is 6.01. The molecule has 16 heavy (non-hydrogen) atoms. The van der Waals surface area contributed by atoms with Crippen LogP contribution >= 0.6 is 0 Å². The second-order valence-electron chi connectivity index (χ2n) is 3.67. The van der Waals surface area contributed by atoms with Crippen molar-refractivity contribution >= 4 is 5.78 Å². The van der Waals surface area contributed by atoms with Gasteiger partial charge in [-0.1, -0.05) is 36.4 Å². The molecule has 0 atom stereocenters. The highest BCUT2D eigenvalue weighted by atomic mass is 16.4. The van der Waals surface area contributed by atoms with Crippen LogP contribution in [-0.4, -0.2) is 12.9 Å². The van der Waals surface area contributed by atoms with Gasteiger partial charge < -0.3 is 0 Å². The van der Waals surface area contributed by atoms with Crippen molar-refractivity contribution in [1.82, 2.24) is 0 Å². The van der Waals surface area contributed by atoms with E-state index in [0.29, 0.717) is 0 Å². The average molecular weight is 211 g/mol. The Balaban J connectivity index is 2.03. The number of ketones is 1. The largest absolute Gasteiger partial charge is 0.343 e. The molecule has 0 aliphatic heterocycles. The fourth-order valence-electron chi connectivity index (χ4n) is 1.59. The van der Waals surface area contributed by atoms with Crippen molar-refractivity contribution in [1.29, 1.82) is 0 Å². The fraction of sp³-hybridized carbons (Fsp3) is 0.133. The van der Waals surface area contributed by atoms with Crippen LogP contribution in [0.3, 0.4) is 0 Å². The van der Waals surface area contributed by atoms with Gasteiger partial charge in [-0.05, 0) is 29.7 Å². The van der Waals surface area contributed by atoms with Crippen LogP contribution in [0.15, 0.2) is 66.3 Å². The summed E-state index contributed by atoms with van der Waals surface area (Å²) in [5.74, 6) is 0.900. The van der Waals surface area contributed by atoms with Gasteiger partial charge in [0.05, 0.1) is 0 Å². The molecule has 0 fully saturated rings. The van der Waals surface area contributed by atoms with Gasteiger partial charge in [0.15, 0.2) is 0 Å². The molecule has 0 N–H and O–H groups in total. The van der Waals surface area contributed by atoms with Gasteiger partial charge in [0, 0.05) is 12.2 Å². The molecule has 1 heteroatoms. The molecule has 1 aromatic carbocycles. The van der Waals surface area contributed by atoms with Crippen LogP contribution in [0.4, 0.5) is 0 Å². The van der Waals surface area contributed by atoms with E-state index < -0.39 is 0 Å². The Kier molecular flexibility index (Phi) is 3.50. The molecular weight excluding hydrogens is 196 g/mol. The van der Waals surface area contributed by atoms with Crippen LogP contribution in [-0.2, 0) is 10.8 Å². The fourth-order valence-corrected chi connectivity index (χ4v) is 1.59. The molecule has 0 amide bonds. The lowest BCUT2D eigenvalue weighted by Crippen LogP contribution is -1.95. The van der Waals surface area contributed by atoms with Crippen molar-refractivity contribution in [2.45, 2.75) is 6.42 Å². The third-order valence-corrected chi connectivity index (χ3v) is 2.53. The molecule has 1 nitrogen and oxygen atoms in total. The predicted octanol–water partition coefficient (Wildman–Crippen LogP) is 3.02. The molecular formula is C15H15O+. The maximum Gasteiger partial charge on any atom is 0.343 e. The zero-order valence-corrected chi connectivity index (χ0v) is 9.39. The Hall–Kier alpha value is -1.89. The van der Waals surface area contributed by atoms with Crippen LogP contribution in [0.2, 0.25) is 0 Å². The quantitative estimate of drug-likeness (QED) is 0.666. The van der Waals surface area contributed by atoms with Gasteiger partial charge in [0.2, 0.25) is 0 Å². The van der Waals surface area contributed by atoms with Gasteiger partial charge in [-0.3, -0.25) is 4.42 Å². The molecule has 0 aromatic heterocycles. The Labute approximate surface area is 96.1 Å². The van der Waals surface area contributed by atoms with E-state index in [4.69, 9.17) is 4.42 Å². The Morgan fingerprint density at radius 2 is 1.69 bits per heavy atom. The summed E-state index contributed by atoms with van der Waals surface area (Å²) >= 11 is 0. The lowest BCUT2D eigenvalue weighted by molar-refractivity contribution is -0.417. The minimum atomic E-state index is 0.900. The van der Waals surface area contributed by atoms with E-state index in [0.717, 1.165) is 12.2 Å². The Bertz CT molecular complexity index is 443. The Morgan fingerprint density at radius 3 is 2.31 bits per heavy atom. The summed E-state index contributed by atoms with van der Waals surface area (Å²) in [6, 6.07) is 10.4. The lowest BCUT2D eigenvalue weighted by Gasteiger charge is -1.99. The smallest absolute Gasteiger partial charge is 0.258 e. The molecule has 0 spiro atoms. The summed E-state index contributed by atoms with van der Waals surface area (Å²) in [6.45, 7) is 0. The standard InChI is InChI=1S/C15H15O/c1-16-15-11-9-14(10-12-15)8-7-13-5-3-2-4-6-13/h2-6,8-12H,7H2,1H3/q+1. The van der Waals surface area contributed by atoms with Crippen molar-refractivity contribution < 1.29 is 4.42 Å². The first-order valence-corrected chi connectivity index (χ1v) is 5.39. The van der Waals surface area contributed by atoms with E-state index in [2.05, 4.69) is 42.5 Å². The topological polar surface area (TPSA) is 11.3 Å². The highest BCUT2D eigenvalue weighted by Crippen LogP contribution is 2.09. The van der Waals surface area contributed by atoms with Gasteiger partial charge in [0.25, 0.3) is 7.11 Å². The van der Waals surface area contributed by atoms with Crippen molar-refractivity contribution in [2.24, 2.45) is 0 Å². The van der Waals surface area contributed by atoms with Crippen LogP contribution in [0.5, 0.6) is 0 Å². The molecule has 0 saturated carbocycles. The van der Waals surface area contributed by atoms with E-state index in [1.165, 1.54) is 11.1 Å². The molecule has 0 saturated heterocycles. The predicted molar refractivity (Wildman–Crippen MR) is 67.4 cm³/mol. The van der Waals surface area contributed by atoms with Crippen LogP contribution in [0.25, 0.3) is 0 Å². The zero-order chi connectivity index (χ0) is 11.2. The lowest BCUT2D eigenvalue weighted by atomic mass is 10.1. The highest BCUT2D eigenvalue weighted by Gasteiger charge is 2.04. The maximum absolute atomic E-state index is 5.12. The van der Waals surface area contributed by atoms with Crippen molar-refractivity contribution in [3.8, 4) is 0 Å². The van der Waals surface area contributed by atoms with E-state index in [1.807, 2.05) is 18.2 Å². The first kappa shape index (κ1) is 10.6. The van der Waals surface area contributed by atoms with E-state index in [1.54, 1.807) is 7.11 Å². The number of hydrogen-bond acceptors (Lipinski definition) is 0. The third kappa shape index (κ3) is 2.80. The molecule has 80 valence electrons. The minimum absolute atomic E-state index is 0.900. The third-order valence-electron chi connectivity index (χ3n) is 2.53. The van der Waals surface area contributed by atoms with Crippen molar-refractivity contribution in [3.05, 3.63) is 71.8 Å². The molecule has 0 unspecified atom stereocenters. The molecule has 1 aliphatic rings. The molecule has 2 rings (SSSR count). The van der Waals surface area contributed by atoms with Crippen LogP contribution in [0.1, 0.15) is 5.56 Å². The first-order valence-electron chi connectivity index (χ1n) is 5.39. The van der Waals surface area contributed by atoms with E-state index in [-0.39, 0.29) is 0 Å². The average Bonchev–Trinajstić information content (AvgIpc) is 2.38. The summed E-state index contributed by atoms with van der Waals surface area (Å²) < 4.78 is 5.12. The maximum atomic E-state index is 5.12. The summed E-state index contributed by atoms with van der Waals surface area (Å²) in [7, 11) is 1.68. The summed E-state index contributed by atoms with van der Waals surface area (Å²) in [4.78, 5) is 0. The van der Waals surface area contributed by atoms with Crippen LogP contribution < -0.4 is 0 Å². The van der Waals surface area contributed by atoms with Gasteiger partial charge in [-0.25, -0.2) is 0 Å². The summed E-state index contributed by atoms with van der Waals surface area (Å²) in [6.07, 6.45) is 11.3. The molecule has 1 aliphatic carbocycles. The minimum Gasteiger partial charge on any atom is -0.258 e. The summed E-state index contributed by atoms with van der Waals surface area (Å²) in [5.41, 5.74) is 2.56. The van der Waals surface area contributed by atoms with Gasteiger partial charge in [-0.15, -0.1) is 0 Å². The first-order chi connectivity index (χ1) is 7.88. The number of allylic oxidation sites excluding steroid dienone is 6. The number of hydrogen-bond donors (Lipinski definition) is 0. The number of carbonyl (C=O) groups excluding carboxylic acids is 1. The van der Waals surface area contributed by atoms with Gasteiger partial charge in [-0.2, -0.15) is 0 Å². The van der Waals surface area contributed by atoms with E-state index in [9.17, 15) is 0 Å². The Morgan fingerprint density at radius 1 is 1.00 bits per heavy atom. The normalized spacial score (nSPS) is 14.1. The second kappa shape index (κ2) is 5.26. The molecule has 1 aromatic rings. The summed E-state index contributed by atoms with van der Waals surface area (Å²) in [5, 5.41) is 0. The van der Waals surface area contributed by atoms with Gasteiger partial charge in [0.1, 0.15) is 0 Å². The zero-order valence-electron chi connectivity index (χ0n) is 9.39. The SMILES string of the molecule is C[O+]=C1C=CC(=CCc2ccccc2)C=C1. The van der Waals surface area contributed by atoms with E-state index >= 15 is 0 Å². The van der Waals surface area contributed by atoms with Crippen molar-refractivity contribution in [2.75, 3.05) is 7.11 Å². The second-order valence-corrected chi connectivity index (χ2v) is 3.67. The van der Waals surface area contributed by atoms with Crippen molar-refractivity contribution in [3.63, 3.8) is 0 Å². The van der Waals surface area contributed by atoms with Crippen LogP contribution in [0, 0.1) is 0 Å².